The lowest BCUT2D eigenvalue weighted by atomic mass is 10.2. The number of rotatable bonds is 5. The first-order valence-electron chi connectivity index (χ1n) is 7.88. The number of likely N-dealkylation sites (tertiary alicyclic amines) is 1. The van der Waals surface area contributed by atoms with Crippen molar-refractivity contribution in [3.05, 3.63) is 24.3 Å². The Bertz CT molecular complexity index is 662. The van der Waals surface area contributed by atoms with Gasteiger partial charge in [0.1, 0.15) is 29.8 Å². The first kappa shape index (κ1) is 19.3. The van der Waals surface area contributed by atoms with Crippen LogP contribution in [0.5, 0.6) is 11.5 Å². The molecule has 2 amide bonds. The maximum absolute atomic E-state index is 12.6. The van der Waals surface area contributed by atoms with E-state index in [2.05, 4.69) is 0 Å². The minimum atomic E-state index is -1.21. The molecule has 1 aromatic rings. The molecular formula is C17H22NO6S+. The second-order valence-corrected chi connectivity index (χ2v) is 7.16. The third kappa shape index (κ3) is 4.13. The highest BCUT2D eigenvalue weighted by atomic mass is 32.2. The van der Waals surface area contributed by atoms with Crippen LogP contribution in [0.3, 0.4) is 0 Å². The smallest absolute Gasteiger partial charge is 0.497 e. The third-order valence-electron chi connectivity index (χ3n) is 4.40. The van der Waals surface area contributed by atoms with Crippen molar-refractivity contribution in [3.63, 3.8) is 0 Å². The van der Waals surface area contributed by atoms with Crippen molar-refractivity contribution >= 4 is 28.9 Å². The molecule has 1 fully saturated rings. The number of nitrogens with zero attached hydrogens (tertiary/aromatic N) is 1. The summed E-state index contributed by atoms with van der Waals surface area (Å²) in [6, 6.07) is 6.56. The maximum atomic E-state index is 12.6. The molecule has 1 aromatic carbocycles. The Kier molecular flexibility index (Phi) is 6.07. The number of methoxy groups -OCH3 is 1. The van der Waals surface area contributed by atoms with E-state index in [1.807, 2.05) is 0 Å². The lowest BCUT2D eigenvalue weighted by molar-refractivity contribution is -0.792. The third-order valence-corrected chi connectivity index (χ3v) is 5.19. The summed E-state index contributed by atoms with van der Waals surface area (Å²) in [7, 11) is 1.57. The number of amides is 2. The summed E-state index contributed by atoms with van der Waals surface area (Å²) in [5.74, 6) is 0.649. The van der Waals surface area contributed by atoms with Crippen LogP contribution < -0.4 is 9.47 Å². The highest BCUT2D eigenvalue weighted by Crippen LogP contribution is 2.32. The highest BCUT2D eigenvalue weighted by Gasteiger charge is 2.57. The molecule has 1 N–H and O–H groups in total. The summed E-state index contributed by atoms with van der Waals surface area (Å²) in [5, 5.41) is 9.49. The molecule has 7 nitrogen and oxygen atoms in total. The molecule has 25 heavy (non-hydrogen) atoms. The minimum absolute atomic E-state index is 0.0415. The SMILES string of the molecule is COc1ccc(O[C@@H]2C[C@@H](C)[N@@+](C(=O)O)(C(=O)CSC(C)=O)C2)cc1. The largest absolute Gasteiger partial charge is 0.521 e. The number of carbonyl (C=O) groups is 3. The van der Waals surface area contributed by atoms with E-state index in [0.717, 1.165) is 11.8 Å². The van der Waals surface area contributed by atoms with Gasteiger partial charge in [0.25, 0.3) is 0 Å². The predicted molar refractivity (Wildman–Crippen MR) is 92.8 cm³/mol. The Hall–Kier alpha value is -2.06. The molecule has 1 saturated heterocycles. The van der Waals surface area contributed by atoms with E-state index >= 15 is 0 Å². The van der Waals surface area contributed by atoms with Crippen LogP contribution >= 0.6 is 11.8 Å². The summed E-state index contributed by atoms with van der Waals surface area (Å²) in [5.41, 5.74) is 0. The Morgan fingerprint density at radius 1 is 1.24 bits per heavy atom. The van der Waals surface area contributed by atoms with Gasteiger partial charge in [-0.05, 0) is 31.2 Å². The van der Waals surface area contributed by atoms with Gasteiger partial charge in [0, 0.05) is 13.3 Å². The molecule has 1 aliphatic heterocycles. The van der Waals surface area contributed by atoms with Crippen molar-refractivity contribution in [2.75, 3.05) is 19.4 Å². The molecule has 0 spiro atoms. The van der Waals surface area contributed by atoms with Gasteiger partial charge < -0.3 is 14.6 Å². The average molecular weight is 368 g/mol. The quantitative estimate of drug-likeness (QED) is 0.799. The van der Waals surface area contributed by atoms with E-state index < -0.39 is 28.6 Å². The number of ether oxygens (including phenoxy) is 2. The first-order chi connectivity index (χ1) is 11.8. The van der Waals surface area contributed by atoms with Gasteiger partial charge >= 0.3 is 12.0 Å². The van der Waals surface area contributed by atoms with Gasteiger partial charge in [0.15, 0.2) is 11.2 Å². The number of hydrogen-bond acceptors (Lipinski definition) is 6. The number of benzene rings is 1. The number of imide groups is 1. The van der Waals surface area contributed by atoms with Crippen LogP contribution in [0.4, 0.5) is 4.79 Å². The van der Waals surface area contributed by atoms with Gasteiger partial charge in [-0.2, -0.15) is 9.28 Å². The van der Waals surface area contributed by atoms with E-state index in [-0.39, 0.29) is 17.4 Å². The Balaban J connectivity index is 2.13. The number of thioether (sulfide) groups is 1. The van der Waals surface area contributed by atoms with Crippen LogP contribution in [0.25, 0.3) is 0 Å². The number of carboxylic acid groups (broad SMARTS) is 1. The molecule has 0 radical (unpaired) electrons. The minimum Gasteiger partial charge on any atom is -0.497 e. The molecule has 0 saturated carbocycles. The fourth-order valence-electron chi connectivity index (χ4n) is 3.07. The summed E-state index contributed by atoms with van der Waals surface area (Å²) < 4.78 is 10.2. The predicted octanol–water partition coefficient (Wildman–Crippen LogP) is 2.54. The highest BCUT2D eigenvalue weighted by molar-refractivity contribution is 8.14. The topological polar surface area (TPSA) is 89.9 Å². The van der Waals surface area contributed by atoms with Gasteiger partial charge in [0.05, 0.1) is 7.11 Å². The first-order valence-corrected chi connectivity index (χ1v) is 8.87. The molecule has 1 aliphatic rings. The maximum Gasteiger partial charge on any atom is 0.521 e. The Morgan fingerprint density at radius 3 is 2.36 bits per heavy atom. The van der Waals surface area contributed by atoms with Crippen LogP contribution in [-0.4, -0.2) is 58.3 Å². The van der Waals surface area contributed by atoms with E-state index in [1.54, 1.807) is 38.3 Å². The summed E-state index contributed by atoms with van der Waals surface area (Å²) >= 11 is 0.831. The summed E-state index contributed by atoms with van der Waals surface area (Å²) in [6.45, 7) is 3.12. The molecule has 0 aromatic heterocycles. The van der Waals surface area contributed by atoms with Gasteiger partial charge in [0.2, 0.25) is 0 Å². The molecule has 136 valence electrons. The van der Waals surface area contributed by atoms with Crippen molar-refractivity contribution in [2.45, 2.75) is 32.4 Å². The molecule has 1 heterocycles. The zero-order valence-electron chi connectivity index (χ0n) is 14.4. The Morgan fingerprint density at radius 2 is 1.84 bits per heavy atom. The van der Waals surface area contributed by atoms with Crippen molar-refractivity contribution in [2.24, 2.45) is 0 Å². The van der Waals surface area contributed by atoms with Crippen molar-refractivity contribution < 1.29 is 33.4 Å². The monoisotopic (exact) mass is 368 g/mol. The molecular weight excluding hydrogens is 346 g/mol. The lowest BCUT2D eigenvalue weighted by Crippen LogP contribution is -2.60. The van der Waals surface area contributed by atoms with Crippen LogP contribution in [-0.2, 0) is 9.59 Å². The lowest BCUT2D eigenvalue weighted by Gasteiger charge is -2.29. The summed E-state index contributed by atoms with van der Waals surface area (Å²) in [6.07, 6.45) is -1.16. The molecule has 0 unspecified atom stereocenters. The zero-order chi connectivity index (χ0) is 18.6. The van der Waals surface area contributed by atoms with Crippen molar-refractivity contribution in [1.82, 2.24) is 0 Å². The van der Waals surface area contributed by atoms with Crippen molar-refractivity contribution in [1.29, 1.82) is 0 Å². The second kappa shape index (κ2) is 7.88. The molecule has 0 aliphatic carbocycles. The van der Waals surface area contributed by atoms with Crippen LogP contribution in [0.15, 0.2) is 24.3 Å². The molecule has 8 heteroatoms. The second-order valence-electron chi connectivity index (χ2n) is 6.01. The fourth-order valence-corrected chi connectivity index (χ4v) is 3.62. The number of quaternary nitrogens is 1. The summed E-state index contributed by atoms with van der Waals surface area (Å²) in [4.78, 5) is 35.5. The fraction of sp³-hybridized carbons (Fsp3) is 0.471. The van der Waals surface area contributed by atoms with E-state index in [9.17, 15) is 19.5 Å². The van der Waals surface area contributed by atoms with Crippen LogP contribution in [0.1, 0.15) is 20.3 Å². The molecule has 2 rings (SSSR count). The van der Waals surface area contributed by atoms with E-state index in [1.165, 1.54) is 6.92 Å². The van der Waals surface area contributed by atoms with Crippen LogP contribution in [0, 0.1) is 0 Å². The average Bonchev–Trinajstić information content (AvgIpc) is 2.90. The number of carbonyl (C=O) groups excluding carboxylic acids is 2. The van der Waals surface area contributed by atoms with Gasteiger partial charge in [-0.25, -0.2) is 4.79 Å². The van der Waals surface area contributed by atoms with Gasteiger partial charge in [-0.1, -0.05) is 11.8 Å². The molecule has 3 atom stereocenters. The van der Waals surface area contributed by atoms with E-state index in [4.69, 9.17) is 9.47 Å². The zero-order valence-corrected chi connectivity index (χ0v) is 15.2. The van der Waals surface area contributed by atoms with Crippen molar-refractivity contribution in [3.8, 4) is 11.5 Å². The Labute approximate surface area is 150 Å². The molecule has 0 bridgehead atoms. The van der Waals surface area contributed by atoms with E-state index in [0.29, 0.717) is 17.9 Å². The normalized spacial score (nSPS) is 25.4. The number of hydrogen-bond donors (Lipinski definition) is 1. The standard InChI is InChI=1S/C17H21NO6S/c1-11-8-15(24-14-6-4-13(23-3)5-7-14)9-18(11,17(21)22)16(20)10-25-12(2)19/h4-7,11,15H,8-10H2,1-3H3/p+1/t11-,15-,18-/m1/s1. The van der Waals surface area contributed by atoms with Gasteiger partial charge in [-0.3, -0.25) is 4.79 Å². The van der Waals surface area contributed by atoms with Crippen LogP contribution in [0.2, 0.25) is 0 Å². The van der Waals surface area contributed by atoms with Gasteiger partial charge in [-0.15, -0.1) is 0 Å².